The highest BCUT2D eigenvalue weighted by Crippen LogP contribution is 2.34. The van der Waals surface area contributed by atoms with Crippen molar-refractivity contribution in [3.05, 3.63) is 35.9 Å². The van der Waals surface area contributed by atoms with E-state index in [-0.39, 0.29) is 5.56 Å². The molecule has 1 rings (SSSR count). The fraction of sp³-hybridized carbons (Fsp3) is 0.273. The smallest absolute Gasteiger partial charge is 0.200 e. The molecule has 0 saturated heterocycles. The summed E-state index contributed by atoms with van der Waals surface area (Å²) in [6, 6.07) is 7.61. The average Bonchev–Trinajstić information content (AvgIpc) is 2.18. The minimum Gasteiger partial charge on any atom is -0.200 e. The molecule has 1 unspecified atom stereocenters. The van der Waals surface area contributed by atoms with Gasteiger partial charge in [0, 0.05) is 5.56 Å². The zero-order chi connectivity index (χ0) is 9.90. The van der Waals surface area contributed by atoms with Gasteiger partial charge in [-0.25, -0.2) is 0 Å². The second-order valence-electron chi connectivity index (χ2n) is 2.88. The van der Waals surface area contributed by atoms with Crippen LogP contribution in [0, 0.1) is 18.3 Å². The summed E-state index contributed by atoms with van der Waals surface area (Å²) in [5, 5.41) is 0. The Morgan fingerprint density at radius 2 is 1.85 bits per heavy atom. The van der Waals surface area contributed by atoms with Gasteiger partial charge in [-0.2, -0.15) is 8.78 Å². The molecule has 0 fully saturated rings. The summed E-state index contributed by atoms with van der Waals surface area (Å²) in [6.07, 6.45) is 4.97. The van der Waals surface area contributed by atoms with Gasteiger partial charge in [0.2, 0.25) is 0 Å². The highest BCUT2D eigenvalue weighted by molar-refractivity contribution is 5.22. The highest BCUT2D eigenvalue weighted by Gasteiger charge is 2.36. The van der Waals surface area contributed by atoms with Crippen molar-refractivity contribution in [2.24, 2.45) is 5.92 Å². The Hall–Kier alpha value is -1.36. The predicted molar refractivity (Wildman–Crippen MR) is 48.3 cm³/mol. The summed E-state index contributed by atoms with van der Waals surface area (Å²) in [5.41, 5.74) is -0.0274. The molecule has 0 aliphatic rings. The van der Waals surface area contributed by atoms with Crippen molar-refractivity contribution in [2.75, 3.05) is 0 Å². The van der Waals surface area contributed by atoms with Crippen molar-refractivity contribution in [2.45, 2.75) is 12.8 Å². The maximum atomic E-state index is 13.4. The van der Waals surface area contributed by atoms with Crippen LogP contribution in [0.15, 0.2) is 30.3 Å². The molecule has 0 saturated carbocycles. The third kappa shape index (κ3) is 1.86. The normalized spacial score (nSPS) is 13.4. The quantitative estimate of drug-likeness (QED) is 0.613. The first-order valence-corrected chi connectivity index (χ1v) is 3.98. The van der Waals surface area contributed by atoms with Gasteiger partial charge < -0.3 is 0 Å². The van der Waals surface area contributed by atoms with E-state index in [9.17, 15) is 8.78 Å². The number of hydrogen-bond donors (Lipinski definition) is 0. The van der Waals surface area contributed by atoms with E-state index in [2.05, 4.69) is 5.92 Å². The number of terminal acetylenes is 1. The predicted octanol–water partition coefficient (Wildman–Crippen LogP) is 3.05. The summed E-state index contributed by atoms with van der Waals surface area (Å²) in [7, 11) is 0. The van der Waals surface area contributed by atoms with Crippen molar-refractivity contribution in [3.63, 3.8) is 0 Å². The topological polar surface area (TPSA) is 0 Å². The SMILES string of the molecule is C#CC(C)C(F)(F)c1ccccc1. The van der Waals surface area contributed by atoms with Crippen molar-refractivity contribution < 1.29 is 8.78 Å². The van der Waals surface area contributed by atoms with Gasteiger partial charge in [0.25, 0.3) is 5.92 Å². The molecule has 0 nitrogen and oxygen atoms in total. The number of benzene rings is 1. The van der Waals surface area contributed by atoms with Gasteiger partial charge in [0.05, 0.1) is 5.92 Å². The molecular formula is C11H10F2. The molecule has 0 aliphatic heterocycles. The molecule has 1 atom stereocenters. The maximum absolute atomic E-state index is 13.4. The van der Waals surface area contributed by atoms with Gasteiger partial charge in [-0.05, 0) is 6.92 Å². The Kier molecular flexibility index (Phi) is 2.67. The second kappa shape index (κ2) is 3.57. The Morgan fingerprint density at radius 3 is 2.31 bits per heavy atom. The van der Waals surface area contributed by atoms with Crippen molar-refractivity contribution in [1.82, 2.24) is 0 Å². The van der Waals surface area contributed by atoms with E-state index in [0.717, 1.165) is 0 Å². The Labute approximate surface area is 76.6 Å². The van der Waals surface area contributed by atoms with Crippen LogP contribution in [-0.2, 0) is 5.92 Å². The number of hydrogen-bond acceptors (Lipinski definition) is 0. The van der Waals surface area contributed by atoms with E-state index in [1.807, 2.05) is 0 Å². The van der Waals surface area contributed by atoms with E-state index in [1.165, 1.54) is 19.1 Å². The molecule has 1 aromatic carbocycles. The van der Waals surface area contributed by atoms with E-state index in [1.54, 1.807) is 18.2 Å². The molecular weight excluding hydrogens is 170 g/mol. The fourth-order valence-corrected chi connectivity index (χ4v) is 1.02. The summed E-state index contributed by atoms with van der Waals surface area (Å²) in [4.78, 5) is 0. The first kappa shape index (κ1) is 9.73. The molecule has 0 N–H and O–H groups in total. The average molecular weight is 180 g/mol. The lowest BCUT2D eigenvalue weighted by molar-refractivity contribution is -0.0371. The number of rotatable bonds is 2. The fourth-order valence-electron chi connectivity index (χ4n) is 1.02. The molecule has 68 valence electrons. The first-order valence-electron chi connectivity index (χ1n) is 3.98. The molecule has 0 amide bonds. The zero-order valence-electron chi connectivity index (χ0n) is 7.30. The Balaban J connectivity index is 3.02. The minimum atomic E-state index is -2.93. The molecule has 1 aromatic rings. The molecule has 0 heterocycles. The molecule has 2 heteroatoms. The van der Waals surface area contributed by atoms with Crippen LogP contribution in [0.1, 0.15) is 12.5 Å². The summed E-state index contributed by atoms with van der Waals surface area (Å²) >= 11 is 0. The third-order valence-electron chi connectivity index (χ3n) is 1.95. The summed E-state index contributed by atoms with van der Waals surface area (Å²) in [5.74, 6) is -1.96. The standard InChI is InChI=1S/C11H10F2/c1-3-9(2)11(12,13)10-7-5-4-6-8-10/h1,4-9H,2H3. The highest BCUT2D eigenvalue weighted by atomic mass is 19.3. The first-order chi connectivity index (χ1) is 6.09. The monoisotopic (exact) mass is 180 g/mol. The largest absolute Gasteiger partial charge is 0.286 e. The molecule has 13 heavy (non-hydrogen) atoms. The number of alkyl halides is 2. The molecule has 0 spiro atoms. The van der Waals surface area contributed by atoms with E-state index in [4.69, 9.17) is 6.42 Å². The second-order valence-corrected chi connectivity index (χ2v) is 2.88. The zero-order valence-corrected chi connectivity index (χ0v) is 7.30. The summed E-state index contributed by atoms with van der Waals surface area (Å²) in [6.45, 7) is 1.34. The van der Waals surface area contributed by atoms with Crippen LogP contribution in [0.3, 0.4) is 0 Å². The molecule has 0 radical (unpaired) electrons. The number of halogens is 2. The van der Waals surface area contributed by atoms with Crippen LogP contribution >= 0.6 is 0 Å². The van der Waals surface area contributed by atoms with Crippen molar-refractivity contribution in [1.29, 1.82) is 0 Å². The summed E-state index contributed by atoms with van der Waals surface area (Å²) < 4.78 is 26.8. The Morgan fingerprint density at radius 1 is 1.31 bits per heavy atom. The van der Waals surface area contributed by atoms with Gasteiger partial charge in [0.15, 0.2) is 0 Å². The van der Waals surface area contributed by atoms with Crippen LogP contribution in [-0.4, -0.2) is 0 Å². The van der Waals surface area contributed by atoms with Crippen LogP contribution in [0.2, 0.25) is 0 Å². The molecule has 0 bridgehead atoms. The lowest BCUT2D eigenvalue weighted by Gasteiger charge is -2.19. The van der Waals surface area contributed by atoms with Crippen molar-refractivity contribution in [3.8, 4) is 12.3 Å². The van der Waals surface area contributed by atoms with E-state index in [0.29, 0.717) is 0 Å². The van der Waals surface area contributed by atoms with Crippen LogP contribution in [0.4, 0.5) is 8.78 Å². The van der Waals surface area contributed by atoms with Gasteiger partial charge in [-0.3, -0.25) is 0 Å². The van der Waals surface area contributed by atoms with Crippen LogP contribution < -0.4 is 0 Å². The van der Waals surface area contributed by atoms with Gasteiger partial charge in [-0.1, -0.05) is 36.3 Å². The van der Waals surface area contributed by atoms with Gasteiger partial charge in [-0.15, -0.1) is 6.42 Å². The van der Waals surface area contributed by atoms with E-state index < -0.39 is 11.8 Å². The van der Waals surface area contributed by atoms with Gasteiger partial charge >= 0.3 is 0 Å². The Bertz CT molecular complexity index is 309. The molecule has 0 aromatic heterocycles. The minimum absolute atomic E-state index is 0.0274. The van der Waals surface area contributed by atoms with Crippen molar-refractivity contribution >= 4 is 0 Å². The lowest BCUT2D eigenvalue weighted by atomic mass is 9.97. The third-order valence-corrected chi connectivity index (χ3v) is 1.95. The van der Waals surface area contributed by atoms with Crippen LogP contribution in [0.5, 0.6) is 0 Å². The van der Waals surface area contributed by atoms with Crippen LogP contribution in [0.25, 0.3) is 0 Å². The maximum Gasteiger partial charge on any atom is 0.286 e. The lowest BCUT2D eigenvalue weighted by Crippen LogP contribution is -2.21. The molecule has 0 aliphatic carbocycles. The van der Waals surface area contributed by atoms with Gasteiger partial charge in [0.1, 0.15) is 0 Å². The van der Waals surface area contributed by atoms with E-state index >= 15 is 0 Å².